The number of nitrogens with zero attached hydrogens (tertiary/aromatic N) is 2. The van der Waals surface area contributed by atoms with Gasteiger partial charge in [-0.05, 0) is 55.2 Å². The number of benzene rings is 1. The Morgan fingerprint density at radius 1 is 1.12 bits per heavy atom. The van der Waals surface area contributed by atoms with Crippen LogP contribution in [-0.4, -0.2) is 42.6 Å². The minimum atomic E-state index is 0.185. The van der Waals surface area contributed by atoms with E-state index in [9.17, 15) is 0 Å². The zero-order valence-corrected chi connectivity index (χ0v) is 15.7. The molecule has 0 aromatic heterocycles. The Morgan fingerprint density at radius 2 is 1.92 bits per heavy atom. The maximum absolute atomic E-state index is 5.53. The van der Waals surface area contributed by atoms with Crippen LogP contribution in [0.2, 0.25) is 0 Å². The number of aliphatic imine (C=N–C) groups is 1. The summed E-state index contributed by atoms with van der Waals surface area (Å²) in [6, 6.07) is 9.08. The molecule has 2 heterocycles. The molecule has 128 valence electrons. The van der Waals surface area contributed by atoms with Crippen molar-refractivity contribution in [1.29, 1.82) is 0 Å². The van der Waals surface area contributed by atoms with Crippen LogP contribution in [0.15, 0.2) is 33.7 Å². The Hall–Kier alpha value is -0.870. The van der Waals surface area contributed by atoms with E-state index in [2.05, 4.69) is 45.1 Å². The van der Waals surface area contributed by atoms with Gasteiger partial charge in [-0.15, -0.1) is 0 Å². The molecule has 1 aromatic rings. The minimum Gasteiger partial charge on any atom is -0.378 e. The van der Waals surface area contributed by atoms with Crippen molar-refractivity contribution in [2.75, 3.05) is 26.3 Å². The average molecular weight is 389 g/mol. The second-order valence-corrected chi connectivity index (χ2v) is 8.83. The largest absolute Gasteiger partial charge is 0.378 e. The van der Waals surface area contributed by atoms with Gasteiger partial charge in [0.1, 0.15) is 0 Å². The van der Waals surface area contributed by atoms with Gasteiger partial charge >= 0.3 is 0 Å². The van der Waals surface area contributed by atoms with Gasteiger partial charge in [0, 0.05) is 29.9 Å². The van der Waals surface area contributed by atoms with E-state index in [1.165, 1.54) is 41.6 Å². The monoisotopic (exact) mass is 388 g/mol. The number of morpholine rings is 1. The molecule has 4 aliphatic rings. The fourth-order valence-corrected chi connectivity index (χ4v) is 6.17. The van der Waals surface area contributed by atoms with Gasteiger partial charge in [0.25, 0.3) is 0 Å². The van der Waals surface area contributed by atoms with Crippen LogP contribution in [0.4, 0.5) is 0 Å². The summed E-state index contributed by atoms with van der Waals surface area (Å²) in [5.74, 6) is 3.63. The lowest BCUT2D eigenvalue weighted by Gasteiger charge is -2.39. The molecule has 24 heavy (non-hydrogen) atoms. The number of halogens is 1. The van der Waals surface area contributed by atoms with E-state index in [1.807, 2.05) is 0 Å². The highest BCUT2D eigenvalue weighted by Crippen LogP contribution is 2.63. The molecule has 4 unspecified atom stereocenters. The van der Waals surface area contributed by atoms with Crippen LogP contribution >= 0.6 is 15.9 Å². The molecular weight excluding hydrogens is 364 g/mol. The maximum Gasteiger partial charge on any atom is 0.0998 e. The summed E-state index contributed by atoms with van der Waals surface area (Å²) in [6.45, 7) is 3.75. The van der Waals surface area contributed by atoms with E-state index < -0.39 is 0 Å². The van der Waals surface area contributed by atoms with Gasteiger partial charge in [0.15, 0.2) is 0 Å². The summed E-state index contributed by atoms with van der Waals surface area (Å²) in [6.07, 6.45) is 6.59. The lowest BCUT2D eigenvalue weighted by atomic mass is 9.69. The summed E-state index contributed by atoms with van der Waals surface area (Å²) in [4.78, 5) is 7.97. The molecule has 2 aliphatic heterocycles. The standard InChI is InChI=1S/C20H25BrN2O/c21-17-5-2-14(3-6-17)19-15-1-4-16(13-15)20(19)8-7-18(22-20)23-9-11-24-12-10-23/h2-3,5-6,15-16,19H,1,4,7-13H2. The fourth-order valence-electron chi connectivity index (χ4n) is 5.90. The first-order valence-electron chi connectivity index (χ1n) is 9.43. The maximum atomic E-state index is 5.53. The highest BCUT2D eigenvalue weighted by atomic mass is 79.9. The van der Waals surface area contributed by atoms with E-state index in [4.69, 9.17) is 9.73 Å². The number of amidine groups is 1. The van der Waals surface area contributed by atoms with Gasteiger partial charge in [0.05, 0.1) is 24.6 Å². The predicted molar refractivity (Wildman–Crippen MR) is 99.5 cm³/mol. The smallest absolute Gasteiger partial charge is 0.0998 e. The van der Waals surface area contributed by atoms with Crippen LogP contribution in [0, 0.1) is 11.8 Å². The normalized spacial score (nSPS) is 38.1. The molecule has 2 aliphatic carbocycles. The van der Waals surface area contributed by atoms with Crippen LogP contribution in [0.25, 0.3) is 0 Å². The molecule has 2 saturated carbocycles. The van der Waals surface area contributed by atoms with Gasteiger partial charge in [-0.25, -0.2) is 0 Å². The first-order valence-corrected chi connectivity index (χ1v) is 10.2. The second-order valence-electron chi connectivity index (χ2n) is 7.92. The zero-order valence-electron chi connectivity index (χ0n) is 14.1. The zero-order chi connectivity index (χ0) is 16.1. The van der Waals surface area contributed by atoms with E-state index in [0.29, 0.717) is 5.92 Å². The number of hydrogen-bond acceptors (Lipinski definition) is 3. The molecule has 1 spiro atoms. The summed E-state index contributed by atoms with van der Waals surface area (Å²) in [5, 5.41) is 0. The summed E-state index contributed by atoms with van der Waals surface area (Å²) < 4.78 is 6.70. The lowest BCUT2D eigenvalue weighted by Crippen LogP contribution is -2.41. The Labute approximate surface area is 152 Å². The van der Waals surface area contributed by atoms with Crippen LogP contribution < -0.4 is 0 Å². The van der Waals surface area contributed by atoms with E-state index in [0.717, 1.165) is 44.6 Å². The van der Waals surface area contributed by atoms with Crippen LogP contribution in [0.1, 0.15) is 43.6 Å². The molecule has 1 saturated heterocycles. The molecule has 5 rings (SSSR count). The van der Waals surface area contributed by atoms with Gasteiger partial charge < -0.3 is 9.64 Å². The molecule has 0 N–H and O–H groups in total. The molecular formula is C20H25BrN2O. The van der Waals surface area contributed by atoms with Gasteiger partial charge in [-0.1, -0.05) is 28.1 Å². The van der Waals surface area contributed by atoms with E-state index in [1.54, 1.807) is 0 Å². The molecule has 3 fully saturated rings. The highest BCUT2D eigenvalue weighted by Gasteiger charge is 2.60. The molecule has 3 nitrogen and oxygen atoms in total. The topological polar surface area (TPSA) is 24.8 Å². The minimum absolute atomic E-state index is 0.185. The summed E-state index contributed by atoms with van der Waals surface area (Å²) >= 11 is 3.59. The summed E-state index contributed by atoms with van der Waals surface area (Å²) in [5.41, 5.74) is 1.70. The first-order chi connectivity index (χ1) is 11.8. The molecule has 4 atom stereocenters. The van der Waals surface area contributed by atoms with Crippen LogP contribution in [0.3, 0.4) is 0 Å². The van der Waals surface area contributed by atoms with Crippen molar-refractivity contribution in [2.24, 2.45) is 16.8 Å². The van der Waals surface area contributed by atoms with Crippen molar-refractivity contribution in [3.63, 3.8) is 0 Å². The third kappa shape index (κ3) is 2.29. The van der Waals surface area contributed by atoms with Crippen molar-refractivity contribution < 1.29 is 4.74 Å². The van der Waals surface area contributed by atoms with Crippen molar-refractivity contribution >= 4 is 21.8 Å². The molecule has 0 radical (unpaired) electrons. The molecule has 4 heteroatoms. The Morgan fingerprint density at radius 3 is 2.71 bits per heavy atom. The summed E-state index contributed by atoms with van der Waals surface area (Å²) in [7, 11) is 0. The molecule has 0 amide bonds. The SMILES string of the molecule is Brc1ccc(C2C3CCC(C3)C23CCC(N2CCOCC2)=N3)cc1. The lowest BCUT2D eigenvalue weighted by molar-refractivity contribution is 0.0674. The van der Waals surface area contributed by atoms with E-state index in [-0.39, 0.29) is 5.54 Å². The van der Waals surface area contributed by atoms with Gasteiger partial charge in [-0.3, -0.25) is 4.99 Å². The second kappa shape index (κ2) is 5.84. The highest BCUT2D eigenvalue weighted by molar-refractivity contribution is 9.10. The number of fused-ring (bicyclic) bond motifs is 3. The van der Waals surface area contributed by atoms with Gasteiger partial charge in [0.2, 0.25) is 0 Å². The van der Waals surface area contributed by atoms with Crippen LogP contribution in [-0.2, 0) is 4.74 Å². The number of hydrogen-bond donors (Lipinski definition) is 0. The fraction of sp³-hybridized carbons (Fsp3) is 0.650. The Kier molecular flexibility index (Phi) is 3.75. The average Bonchev–Trinajstić information content (AvgIpc) is 3.32. The van der Waals surface area contributed by atoms with Gasteiger partial charge in [-0.2, -0.15) is 0 Å². The van der Waals surface area contributed by atoms with Crippen molar-refractivity contribution in [3.05, 3.63) is 34.3 Å². The quantitative estimate of drug-likeness (QED) is 0.718. The van der Waals surface area contributed by atoms with E-state index >= 15 is 0 Å². The van der Waals surface area contributed by atoms with Crippen LogP contribution in [0.5, 0.6) is 0 Å². The number of rotatable bonds is 1. The third-order valence-corrected chi connectivity index (χ3v) is 7.41. The van der Waals surface area contributed by atoms with Crippen molar-refractivity contribution in [1.82, 2.24) is 4.90 Å². The number of ether oxygens (including phenoxy) is 1. The van der Waals surface area contributed by atoms with Crippen molar-refractivity contribution in [3.8, 4) is 0 Å². The first kappa shape index (κ1) is 15.4. The third-order valence-electron chi connectivity index (χ3n) is 6.88. The molecule has 2 bridgehead atoms. The Balaban J connectivity index is 1.50. The Bertz CT molecular complexity index is 652. The molecule has 1 aromatic carbocycles. The predicted octanol–water partition coefficient (Wildman–Crippen LogP) is 4.23. The van der Waals surface area contributed by atoms with Crippen molar-refractivity contribution in [2.45, 2.75) is 43.6 Å².